The van der Waals surface area contributed by atoms with Crippen LogP contribution in [0.15, 0.2) is 18.3 Å². The van der Waals surface area contributed by atoms with Crippen LogP contribution in [0.25, 0.3) is 0 Å². The van der Waals surface area contributed by atoms with Crippen molar-refractivity contribution in [1.82, 2.24) is 10.3 Å². The minimum Gasteiger partial charge on any atom is -0.394 e. The van der Waals surface area contributed by atoms with Crippen molar-refractivity contribution in [3.8, 4) is 0 Å². The van der Waals surface area contributed by atoms with Crippen LogP contribution in [0.1, 0.15) is 24.1 Å². The molecule has 0 saturated carbocycles. The lowest BCUT2D eigenvalue weighted by molar-refractivity contribution is -0.124. The average molecular weight is 264 g/mol. The topological polar surface area (TPSA) is 71.5 Å². The molecule has 5 heteroatoms. The van der Waals surface area contributed by atoms with Crippen LogP contribution < -0.4 is 5.32 Å². The quantitative estimate of drug-likeness (QED) is 0.835. The van der Waals surface area contributed by atoms with E-state index < -0.39 is 5.54 Å². The van der Waals surface area contributed by atoms with Gasteiger partial charge in [-0.25, -0.2) is 0 Å². The van der Waals surface area contributed by atoms with Gasteiger partial charge < -0.3 is 15.2 Å². The van der Waals surface area contributed by atoms with E-state index >= 15 is 0 Å². The van der Waals surface area contributed by atoms with Gasteiger partial charge in [0.2, 0.25) is 5.91 Å². The van der Waals surface area contributed by atoms with Gasteiger partial charge in [-0.2, -0.15) is 0 Å². The molecular weight excluding hydrogens is 244 g/mol. The van der Waals surface area contributed by atoms with Gasteiger partial charge in [0.25, 0.3) is 0 Å². The minimum absolute atomic E-state index is 0.0523. The van der Waals surface area contributed by atoms with Crippen LogP contribution >= 0.6 is 0 Å². The third-order valence-electron chi connectivity index (χ3n) is 3.60. The van der Waals surface area contributed by atoms with E-state index in [4.69, 9.17) is 4.74 Å². The molecule has 1 aliphatic heterocycles. The number of aryl methyl sites for hydroxylation is 1. The second-order valence-electron chi connectivity index (χ2n) is 5.04. The third-order valence-corrected chi connectivity index (χ3v) is 3.60. The first-order valence-electron chi connectivity index (χ1n) is 6.55. The number of rotatable bonds is 4. The summed E-state index contributed by atoms with van der Waals surface area (Å²) in [7, 11) is 0. The number of carbonyl (C=O) groups is 1. The fraction of sp³-hybridized carbons (Fsp3) is 0.571. The number of aliphatic hydroxyl groups excluding tert-OH is 1. The number of carbonyl (C=O) groups excluding carboxylic acids is 1. The molecule has 5 nitrogen and oxygen atoms in total. The van der Waals surface area contributed by atoms with Crippen molar-refractivity contribution >= 4 is 5.91 Å². The number of aromatic nitrogens is 1. The van der Waals surface area contributed by atoms with Crippen molar-refractivity contribution in [2.45, 2.75) is 31.7 Å². The molecule has 1 amide bonds. The Hall–Kier alpha value is -1.46. The largest absolute Gasteiger partial charge is 0.394 e. The van der Waals surface area contributed by atoms with Gasteiger partial charge in [0.05, 0.1) is 24.3 Å². The van der Waals surface area contributed by atoms with E-state index in [2.05, 4.69) is 10.3 Å². The molecule has 1 fully saturated rings. The molecule has 104 valence electrons. The number of ether oxygens (including phenoxy) is 1. The fourth-order valence-electron chi connectivity index (χ4n) is 2.28. The van der Waals surface area contributed by atoms with E-state index in [1.807, 2.05) is 19.1 Å². The van der Waals surface area contributed by atoms with Crippen molar-refractivity contribution in [1.29, 1.82) is 0 Å². The summed E-state index contributed by atoms with van der Waals surface area (Å²) in [5.41, 5.74) is 1.25. The van der Waals surface area contributed by atoms with Gasteiger partial charge in [-0.15, -0.1) is 0 Å². The first-order chi connectivity index (χ1) is 9.15. The summed E-state index contributed by atoms with van der Waals surface area (Å²) in [4.78, 5) is 16.3. The van der Waals surface area contributed by atoms with E-state index in [9.17, 15) is 9.90 Å². The smallest absolute Gasteiger partial charge is 0.226 e. The molecule has 2 rings (SSSR count). The lowest BCUT2D eigenvalue weighted by Crippen LogP contribution is -2.55. The number of aliphatic hydroxyl groups is 1. The summed E-state index contributed by atoms with van der Waals surface area (Å²) in [5, 5.41) is 12.5. The number of hydrogen-bond acceptors (Lipinski definition) is 4. The highest BCUT2D eigenvalue weighted by molar-refractivity contribution is 5.79. The minimum atomic E-state index is -0.530. The van der Waals surface area contributed by atoms with E-state index in [0.717, 1.165) is 11.3 Å². The number of hydrogen-bond donors (Lipinski definition) is 2. The van der Waals surface area contributed by atoms with Gasteiger partial charge in [-0.1, -0.05) is 6.07 Å². The number of pyridine rings is 1. The predicted octanol–water partition coefficient (Wildman–Crippen LogP) is 0.590. The van der Waals surface area contributed by atoms with Crippen LogP contribution in [0.4, 0.5) is 0 Å². The van der Waals surface area contributed by atoms with Crippen LogP contribution in [0.3, 0.4) is 0 Å². The Labute approximate surface area is 113 Å². The molecule has 2 N–H and O–H groups in total. The fourth-order valence-corrected chi connectivity index (χ4v) is 2.28. The van der Waals surface area contributed by atoms with Crippen molar-refractivity contribution in [3.63, 3.8) is 0 Å². The lowest BCUT2D eigenvalue weighted by atomic mass is 9.90. The highest BCUT2D eigenvalue weighted by Gasteiger charge is 2.33. The summed E-state index contributed by atoms with van der Waals surface area (Å²) in [6.45, 7) is 3.03. The van der Waals surface area contributed by atoms with Crippen LogP contribution in [-0.2, 0) is 16.0 Å². The Bertz CT molecular complexity index is 442. The molecule has 0 spiro atoms. The van der Waals surface area contributed by atoms with Crippen LogP contribution in [0.2, 0.25) is 0 Å². The molecule has 19 heavy (non-hydrogen) atoms. The summed E-state index contributed by atoms with van der Waals surface area (Å²) in [5.74, 6) is -0.0993. The second kappa shape index (κ2) is 6.12. The molecule has 0 aliphatic carbocycles. The average Bonchev–Trinajstić information content (AvgIpc) is 2.42. The normalized spacial score (nSPS) is 18.0. The van der Waals surface area contributed by atoms with E-state index in [1.165, 1.54) is 0 Å². The van der Waals surface area contributed by atoms with Gasteiger partial charge in [0, 0.05) is 19.4 Å². The molecule has 0 atom stereocenters. The zero-order chi connectivity index (χ0) is 13.7. The highest BCUT2D eigenvalue weighted by atomic mass is 16.5. The van der Waals surface area contributed by atoms with E-state index in [1.54, 1.807) is 6.20 Å². The Morgan fingerprint density at radius 1 is 1.53 bits per heavy atom. The van der Waals surface area contributed by atoms with Crippen molar-refractivity contribution in [3.05, 3.63) is 29.6 Å². The monoisotopic (exact) mass is 264 g/mol. The lowest BCUT2D eigenvalue weighted by Gasteiger charge is -2.36. The zero-order valence-corrected chi connectivity index (χ0v) is 11.2. The molecule has 0 bridgehead atoms. The summed E-state index contributed by atoms with van der Waals surface area (Å²) < 4.78 is 5.27. The number of nitrogens with one attached hydrogen (secondary N) is 1. The molecule has 1 aromatic rings. The molecular formula is C14H20N2O3. The van der Waals surface area contributed by atoms with Gasteiger partial charge >= 0.3 is 0 Å². The Kier molecular flexibility index (Phi) is 4.50. The van der Waals surface area contributed by atoms with Crippen LogP contribution in [-0.4, -0.2) is 41.4 Å². The molecule has 1 aromatic heterocycles. The number of nitrogens with zero attached hydrogens (tertiary/aromatic N) is 1. The van der Waals surface area contributed by atoms with Crippen molar-refractivity contribution < 1.29 is 14.6 Å². The van der Waals surface area contributed by atoms with Crippen molar-refractivity contribution in [2.75, 3.05) is 19.8 Å². The third kappa shape index (κ3) is 3.52. The zero-order valence-electron chi connectivity index (χ0n) is 11.2. The van der Waals surface area contributed by atoms with E-state index in [-0.39, 0.29) is 18.9 Å². The van der Waals surface area contributed by atoms with Gasteiger partial charge in [0.15, 0.2) is 0 Å². The summed E-state index contributed by atoms with van der Waals surface area (Å²) in [6, 6.07) is 3.79. The molecule has 0 radical (unpaired) electrons. The van der Waals surface area contributed by atoms with Crippen LogP contribution in [0, 0.1) is 6.92 Å². The Morgan fingerprint density at radius 2 is 2.26 bits per heavy atom. The second-order valence-corrected chi connectivity index (χ2v) is 5.04. The maximum atomic E-state index is 12.1. The maximum absolute atomic E-state index is 12.1. The van der Waals surface area contributed by atoms with Crippen molar-refractivity contribution in [2.24, 2.45) is 0 Å². The summed E-state index contributed by atoms with van der Waals surface area (Å²) in [6.07, 6.45) is 3.23. The SMILES string of the molecule is Cc1cccnc1CC(=O)NC1(CO)CCOCC1. The number of amides is 1. The van der Waals surface area contributed by atoms with Gasteiger partial charge in [-0.3, -0.25) is 9.78 Å². The van der Waals surface area contributed by atoms with Gasteiger partial charge in [0.1, 0.15) is 0 Å². The molecule has 1 aliphatic rings. The maximum Gasteiger partial charge on any atom is 0.226 e. The first-order valence-corrected chi connectivity index (χ1v) is 6.55. The molecule has 0 aromatic carbocycles. The summed E-state index contributed by atoms with van der Waals surface area (Å²) >= 11 is 0. The first kappa shape index (κ1) is 14.0. The Morgan fingerprint density at radius 3 is 2.89 bits per heavy atom. The van der Waals surface area contributed by atoms with E-state index in [0.29, 0.717) is 26.1 Å². The molecule has 1 saturated heterocycles. The molecule has 0 unspecified atom stereocenters. The van der Waals surface area contributed by atoms with Gasteiger partial charge in [-0.05, 0) is 31.4 Å². The molecule has 2 heterocycles. The standard InChI is InChI=1S/C14H20N2O3/c1-11-3-2-6-15-12(11)9-13(18)16-14(10-17)4-7-19-8-5-14/h2-3,6,17H,4-5,7-10H2,1H3,(H,16,18). The Balaban J connectivity index is 1.98. The van der Waals surface area contributed by atoms with Crippen LogP contribution in [0.5, 0.6) is 0 Å². The predicted molar refractivity (Wildman–Crippen MR) is 70.7 cm³/mol. The highest BCUT2D eigenvalue weighted by Crippen LogP contribution is 2.20.